The maximum absolute atomic E-state index is 9.00. The third kappa shape index (κ3) is 9.34. The number of carboxylic acid groups (broad SMARTS) is 1. The summed E-state index contributed by atoms with van der Waals surface area (Å²) in [6.45, 7) is 1.98. The van der Waals surface area contributed by atoms with E-state index in [-0.39, 0.29) is 0 Å². The summed E-state index contributed by atoms with van der Waals surface area (Å²) in [5, 5.41) is 7.42. The van der Waals surface area contributed by atoms with Gasteiger partial charge in [0.15, 0.2) is 0 Å². The second-order valence-corrected chi connectivity index (χ2v) is 3.60. The van der Waals surface area contributed by atoms with Crippen LogP contribution in [0.2, 0.25) is 0 Å². The lowest BCUT2D eigenvalue weighted by molar-refractivity contribution is -0.134. The highest BCUT2D eigenvalue weighted by atomic mass is 16.4. The van der Waals surface area contributed by atoms with Gasteiger partial charge < -0.3 is 10.8 Å². The molecule has 13 heavy (non-hydrogen) atoms. The van der Waals surface area contributed by atoms with Crippen LogP contribution in [0, 0.1) is 5.92 Å². The molecule has 3 N–H and O–H groups in total. The molecule has 0 aromatic carbocycles. The van der Waals surface area contributed by atoms with Crippen molar-refractivity contribution in [2.24, 2.45) is 11.7 Å². The van der Waals surface area contributed by atoms with Gasteiger partial charge in [-0.05, 0) is 18.9 Å². The van der Waals surface area contributed by atoms with E-state index in [0.29, 0.717) is 0 Å². The molecule has 0 radical (unpaired) electrons. The molecule has 0 bridgehead atoms. The summed E-state index contributed by atoms with van der Waals surface area (Å²) in [5.41, 5.74) is 5.46. The van der Waals surface area contributed by atoms with Crippen molar-refractivity contribution < 1.29 is 9.90 Å². The van der Waals surface area contributed by atoms with Crippen molar-refractivity contribution in [2.45, 2.75) is 45.4 Å². The van der Waals surface area contributed by atoms with E-state index in [1.807, 2.05) is 0 Å². The molecule has 0 unspecified atom stereocenters. The Morgan fingerprint density at radius 2 is 1.85 bits per heavy atom. The van der Waals surface area contributed by atoms with Crippen molar-refractivity contribution >= 4 is 5.97 Å². The predicted molar refractivity (Wildman–Crippen MR) is 53.6 cm³/mol. The number of carboxylic acids is 1. The Morgan fingerprint density at radius 3 is 2.23 bits per heavy atom. The van der Waals surface area contributed by atoms with Crippen LogP contribution in [0.1, 0.15) is 45.4 Å². The first kappa shape index (κ1) is 12.4. The van der Waals surface area contributed by atoms with E-state index in [1.54, 1.807) is 0 Å². The highest BCUT2D eigenvalue weighted by molar-refractivity contribution is 5.62. The van der Waals surface area contributed by atoms with Gasteiger partial charge in [0.1, 0.15) is 0 Å². The van der Waals surface area contributed by atoms with Crippen LogP contribution in [0.5, 0.6) is 0 Å². The summed E-state index contributed by atoms with van der Waals surface area (Å²) in [4.78, 5) is 9.00. The summed E-state index contributed by atoms with van der Waals surface area (Å²) in [6.07, 6.45) is 8.50. The normalized spacial score (nSPS) is 17.4. The van der Waals surface area contributed by atoms with E-state index in [0.717, 1.165) is 19.4 Å². The molecule has 1 rings (SSSR count). The van der Waals surface area contributed by atoms with Crippen molar-refractivity contribution in [1.82, 2.24) is 0 Å². The van der Waals surface area contributed by atoms with Crippen molar-refractivity contribution in [1.29, 1.82) is 0 Å². The van der Waals surface area contributed by atoms with E-state index in [2.05, 4.69) is 0 Å². The SMILES string of the molecule is CC(=O)O.NCCC1CCCCC1. The van der Waals surface area contributed by atoms with Gasteiger partial charge in [0.2, 0.25) is 0 Å². The lowest BCUT2D eigenvalue weighted by Gasteiger charge is -2.20. The molecule has 0 aromatic heterocycles. The Bertz CT molecular complexity index is 124. The van der Waals surface area contributed by atoms with Gasteiger partial charge in [-0.2, -0.15) is 0 Å². The number of hydrogen-bond acceptors (Lipinski definition) is 2. The monoisotopic (exact) mass is 187 g/mol. The molecule has 0 saturated heterocycles. The van der Waals surface area contributed by atoms with E-state index in [1.165, 1.54) is 38.5 Å². The average Bonchev–Trinajstić information content (AvgIpc) is 2.06. The third-order valence-corrected chi connectivity index (χ3v) is 2.30. The highest BCUT2D eigenvalue weighted by Crippen LogP contribution is 2.25. The quantitative estimate of drug-likeness (QED) is 0.695. The molecule has 1 aliphatic carbocycles. The van der Waals surface area contributed by atoms with Crippen LogP contribution in [0.25, 0.3) is 0 Å². The average molecular weight is 187 g/mol. The van der Waals surface area contributed by atoms with Gasteiger partial charge in [0.05, 0.1) is 0 Å². The molecule has 3 heteroatoms. The molecule has 1 fully saturated rings. The Balaban J connectivity index is 0.000000310. The van der Waals surface area contributed by atoms with Crippen LogP contribution in [0.3, 0.4) is 0 Å². The lowest BCUT2D eigenvalue weighted by atomic mass is 9.87. The molecule has 0 heterocycles. The fourth-order valence-corrected chi connectivity index (χ4v) is 1.71. The molecular formula is C10H21NO2. The van der Waals surface area contributed by atoms with E-state index >= 15 is 0 Å². The zero-order valence-electron chi connectivity index (χ0n) is 8.46. The van der Waals surface area contributed by atoms with Crippen molar-refractivity contribution in [3.8, 4) is 0 Å². The number of rotatable bonds is 2. The van der Waals surface area contributed by atoms with Crippen molar-refractivity contribution in [3.63, 3.8) is 0 Å². The molecule has 1 aliphatic rings. The summed E-state index contributed by atoms with van der Waals surface area (Å²) in [7, 11) is 0. The van der Waals surface area contributed by atoms with Gasteiger partial charge in [-0.15, -0.1) is 0 Å². The third-order valence-electron chi connectivity index (χ3n) is 2.30. The van der Waals surface area contributed by atoms with Crippen LogP contribution in [0.4, 0.5) is 0 Å². The fourth-order valence-electron chi connectivity index (χ4n) is 1.71. The van der Waals surface area contributed by atoms with E-state index in [4.69, 9.17) is 15.6 Å². The minimum absolute atomic E-state index is 0.833. The molecule has 0 atom stereocenters. The minimum Gasteiger partial charge on any atom is -0.481 e. The van der Waals surface area contributed by atoms with Crippen molar-refractivity contribution in [3.05, 3.63) is 0 Å². The van der Waals surface area contributed by atoms with Crippen LogP contribution >= 0.6 is 0 Å². The molecule has 3 nitrogen and oxygen atoms in total. The van der Waals surface area contributed by atoms with Gasteiger partial charge in [0, 0.05) is 6.92 Å². The molecule has 0 aliphatic heterocycles. The van der Waals surface area contributed by atoms with Crippen LogP contribution < -0.4 is 5.73 Å². The zero-order valence-corrected chi connectivity index (χ0v) is 8.46. The van der Waals surface area contributed by atoms with E-state index in [9.17, 15) is 0 Å². The first-order valence-electron chi connectivity index (χ1n) is 5.06. The Morgan fingerprint density at radius 1 is 1.38 bits per heavy atom. The van der Waals surface area contributed by atoms with E-state index < -0.39 is 5.97 Å². The fraction of sp³-hybridized carbons (Fsp3) is 0.900. The van der Waals surface area contributed by atoms with Gasteiger partial charge in [-0.3, -0.25) is 4.79 Å². The first-order chi connectivity index (χ1) is 6.16. The molecule has 0 amide bonds. The maximum Gasteiger partial charge on any atom is 0.300 e. The second-order valence-electron chi connectivity index (χ2n) is 3.60. The highest BCUT2D eigenvalue weighted by Gasteiger charge is 2.11. The Kier molecular flexibility index (Phi) is 7.69. The molecule has 1 saturated carbocycles. The Hall–Kier alpha value is -0.570. The summed E-state index contributed by atoms with van der Waals surface area (Å²) < 4.78 is 0. The summed E-state index contributed by atoms with van der Waals surface area (Å²) >= 11 is 0. The summed E-state index contributed by atoms with van der Waals surface area (Å²) in [5.74, 6) is 0.142. The van der Waals surface area contributed by atoms with Gasteiger partial charge in [0.25, 0.3) is 5.97 Å². The second kappa shape index (κ2) is 8.05. The largest absolute Gasteiger partial charge is 0.481 e. The number of carbonyl (C=O) groups is 1. The standard InChI is InChI=1S/C8H17N.C2H4O2/c9-7-6-8-4-2-1-3-5-8;1-2(3)4/h8H,1-7,9H2;1H3,(H,3,4). The lowest BCUT2D eigenvalue weighted by Crippen LogP contribution is -2.11. The van der Waals surface area contributed by atoms with Crippen LogP contribution in [-0.2, 0) is 4.79 Å². The van der Waals surface area contributed by atoms with Crippen LogP contribution in [-0.4, -0.2) is 17.6 Å². The minimum atomic E-state index is -0.833. The molecular weight excluding hydrogens is 166 g/mol. The number of hydrogen-bond donors (Lipinski definition) is 2. The number of nitrogens with two attached hydrogens (primary N) is 1. The smallest absolute Gasteiger partial charge is 0.300 e. The molecule has 0 spiro atoms. The Labute approximate surface area is 80.3 Å². The number of aliphatic carboxylic acids is 1. The summed E-state index contributed by atoms with van der Waals surface area (Å²) in [6, 6.07) is 0. The zero-order chi connectivity index (χ0) is 10.1. The molecule has 0 aromatic rings. The maximum atomic E-state index is 9.00. The topological polar surface area (TPSA) is 63.3 Å². The first-order valence-corrected chi connectivity index (χ1v) is 5.06. The van der Waals surface area contributed by atoms with Gasteiger partial charge in [-0.25, -0.2) is 0 Å². The van der Waals surface area contributed by atoms with Gasteiger partial charge in [-0.1, -0.05) is 32.1 Å². The van der Waals surface area contributed by atoms with Crippen molar-refractivity contribution in [2.75, 3.05) is 6.54 Å². The predicted octanol–water partition coefficient (Wildman–Crippen LogP) is 2.01. The van der Waals surface area contributed by atoms with Gasteiger partial charge >= 0.3 is 0 Å². The molecule has 78 valence electrons. The van der Waals surface area contributed by atoms with Crippen LogP contribution in [0.15, 0.2) is 0 Å².